The molecule has 2 aliphatic heterocycles. The summed E-state index contributed by atoms with van der Waals surface area (Å²) in [6, 6.07) is 2.51. The lowest BCUT2D eigenvalue weighted by atomic mass is 9.78. The van der Waals surface area contributed by atoms with Crippen LogP contribution in [-0.4, -0.2) is 43.1 Å². The van der Waals surface area contributed by atoms with Crippen molar-refractivity contribution >= 4 is 12.6 Å². The lowest BCUT2D eigenvalue weighted by molar-refractivity contribution is -0.142. The van der Waals surface area contributed by atoms with Crippen molar-refractivity contribution in [1.82, 2.24) is 4.98 Å². The third-order valence-corrected chi connectivity index (χ3v) is 4.83. The monoisotopic (exact) mass is 359 g/mol. The van der Waals surface area contributed by atoms with Crippen molar-refractivity contribution in [2.45, 2.75) is 51.2 Å². The van der Waals surface area contributed by atoms with Crippen LogP contribution in [0.2, 0.25) is 0 Å². The maximum Gasteiger partial charge on any atom is 0.494 e. The summed E-state index contributed by atoms with van der Waals surface area (Å²) >= 11 is 0. The van der Waals surface area contributed by atoms with E-state index >= 15 is 0 Å². The zero-order valence-corrected chi connectivity index (χ0v) is 14.6. The fourth-order valence-corrected chi connectivity index (χ4v) is 2.66. The quantitative estimate of drug-likeness (QED) is 0.760. The Hall–Kier alpha value is -1.16. The first-order chi connectivity index (χ1) is 11.5. The standard InChI is InChI=1S/C16H21BF3NO4/c1-14(2)15(3,4)25-17(24-14)10-7-11(12-9-22-5-6-23-12)21-13(8-10)16(18,19)20/h7-8,12H,5-6,9H2,1-4H3. The molecule has 0 saturated carbocycles. The molecule has 25 heavy (non-hydrogen) atoms. The van der Waals surface area contributed by atoms with E-state index in [4.69, 9.17) is 18.8 Å². The van der Waals surface area contributed by atoms with E-state index in [-0.39, 0.29) is 17.8 Å². The van der Waals surface area contributed by atoms with E-state index in [1.807, 2.05) is 27.7 Å². The van der Waals surface area contributed by atoms with Crippen LogP contribution in [0, 0.1) is 0 Å². The lowest BCUT2D eigenvalue weighted by Crippen LogP contribution is -2.41. The van der Waals surface area contributed by atoms with Crippen LogP contribution in [-0.2, 0) is 25.0 Å². The molecule has 5 nitrogen and oxygen atoms in total. The predicted molar refractivity (Wildman–Crippen MR) is 84.5 cm³/mol. The van der Waals surface area contributed by atoms with E-state index in [2.05, 4.69) is 4.98 Å². The summed E-state index contributed by atoms with van der Waals surface area (Å²) in [5, 5.41) is 0. The Morgan fingerprint density at radius 2 is 1.72 bits per heavy atom. The second-order valence-corrected chi connectivity index (χ2v) is 7.23. The van der Waals surface area contributed by atoms with Gasteiger partial charge in [0.25, 0.3) is 0 Å². The Morgan fingerprint density at radius 1 is 1.08 bits per heavy atom. The summed E-state index contributed by atoms with van der Waals surface area (Å²) in [4.78, 5) is 3.73. The number of pyridine rings is 1. The molecule has 138 valence electrons. The van der Waals surface area contributed by atoms with Crippen molar-refractivity contribution in [2.24, 2.45) is 0 Å². The van der Waals surface area contributed by atoms with Gasteiger partial charge < -0.3 is 18.8 Å². The zero-order chi connectivity index (χ0) is 18.5. The van der Waals surface area contributed by atoms with Crippen molar-refractivity contribution in [1.29, 1.82) is 0 Å². The van der Waals surface area contributed by atoms with E-state index in [1.165, 1.54) is 6.07 Å². The first kappa shape index (κ1) is 18.6. The molecule has 0 N–H and O–H groups in total. The Balaban J connectivity index is 1.98. The van der Waals surface area contributed by atoms with Crippen molar-refractivity contribution < 1.29 is 32.0 Å². The third kappa shape index (κ3) is 3.69. The van der Waals surface area contributed by atoms with Gasteiger partial charge in [-0.25, -0.2) is 4.98 Å². The molecular formula is C16H21BF3NO4. The van der Waals surface area contributed by atoms with Gasteiger partial charge in [0.1, 0.15) is 11.8 Å². The van der Waals surface area contributed by atoms with Crippen molar-refractivity contribution in [3.8, 4) is 0 Å². The minimum absolute atomic E-state index is 0.164. The van der Waals surface area contributed by atoms with Gasteiger partial charge in [0.15, 0.2) is 0 Å². The number of ether oxygens (including phenoxy) is 2. The van der Waals surface area contributed by atoms with Gasteiger partial charge in [0.2, 0.25) is 0 Å². The predicted octanol–water partition coefficient (Wildman–Crippen LogP) is 2.49. The minimum Gasteiger partial charge on any atom is -0.399 e. The van der Waals surface area contributed by atoms with Crippen molar-refractivity contribution in [3.05, 3.63) is 23.5 Å². The molecule has 2 saturated heterocycles. The molecule has 1 aromatic rings. The number of hydrogen-bond acceptors (Lipinski definition) is 5. The van der Waals surface area contributed by atoms with E-state index in [9.17, 15) is 13.2 Å². The molecule has 0 radical (unpaired) electrons. The van der Waals surface area contributed by atoms with E-state index in [1.54, 1.807) is 0 Å². The van der Waals surface area contributed by atoms with Crippen LogP contribution in [0.25, 0.3) is 0 Å². The summed E-state index contributed by atoms with van der Waals surface area (Å²) in [5.74, 6) is 0. The third-order valence-electron chi connectivity index (χ3n) is 4.83. The van der Waals surface area contributed by atoms with Gasteiger partial charge in [-0.2, -0.15) is 13.2 Å². The van der Waals surface area contributed by atoms with Gasteiger partial charge in [0, 0.05) is 0 Å². The summed E-state index contributed by atoms with van der Waals surface area (Å²) < 4.78 is 62.4. The van der Waals surface area contributed by atoms with Crippen LogP contribution < -0.4 is 5.46 Å². The van der Waals surface area contributed by atoms with E-state index < -0.39 is 36.3 Å². The van der Waals surface area contributed by atoms with Gasteiger partial charge in [-0.15, -0.1) is 0 Å². The number of aromatic nitrogens is 1. The molecule has 9 heteroatoms. The van der Waals surface area contributed by atoms with Gasteiger partial charge in [-0.3, -0.25) is 0 Å². The average Bonchev–Trinajstić information content (AvgIpc) is 2.75. The SMILES string of the molecule is CC1(C)OB(c2cc(C3COCCO3)nc(C(F)(F)F)c2)OC1(C)C. The molecular weight excluding hydrogens is 338 g/mol. The highest BCUT2D eigenvalue weighted by atomic mass is 19.4. The molecule has 3 rings (SSSR count). The summed E-state index contributed by atoms with van der Waals surface area (Å²) in [6.45, 7) is 8.27. The van der Waals surface area contributed by atoms with Crippen LogP contribution in [0.5, 0.6) is 0 Å². The van der Waals surface area contributed by atoms with Crippen LogP contribution in [0.4, 0.5) is 13.2 Å². The van der Waals surface area contributed by atoms with Crippen LogP contribution >= 0.6 is 0 Å². The number of hydrogen-bond donors (Lipinski definition) is 0. The zero-order valence-electron chi connectivity index (χ0n) is 14.6. The Morgan fingerprint density at radius 3 is 2.24 bits per heavy atom. The molecule has 0 amide bonds. The topological polar surface area (TPSA) is 49.8 Å². The van der Waals surface area contributed by atoms with Crippen molar-refractivity contribution in [3.63, 3.8) is 0 Å². The van der Waals surface area contributed by atoms with Crippen molar-refractivity contribution in [2.75, 3.05) is 19.8 Å². The number of nitrogens with zero attached hydrogens (tertiary/aromatic N) is 1. The summed E-state index contributed by atoms with van der Waals surface area (Å²) in [5.41, 5.74) is -1.86. The second kappa shape index (κ2) is 6.23. The highest BCUT2D eigenvalue weighted by Crippen LogP contribution is 2.37. The van der Waals surface area contributed by atoms with Gasteiger partial charge in [-0.1, -0.05) is 0 Å². The fraction of sp³-hybridized carbons (Fsp3) is 0.688. The molecule has 0 bridgehead atoms. The Labute approximate surface area is 144 Å². The maximum atomic E-state index is 13.3. The first-order valence-electron chi connectivity index (χ1n) is 8.14. The molecule has 0 spiro atoms. The van der Waals surface area contributed by atoms with Gasteiger partial charge >= 0.3 is 13.3 Å². The second-order valence-electron chi connectivity index (χ2n) is 7.23. The molecule has 1 atom stereocenters. The largest absolute Gasteiger partial charge is 0.494 e. The molecule has 2 aliphatic rings. The molecule has 0 aromatic carbocycles. The molecule has 0 aliphatic carbocycles. The van der Waals surface area contributed by atoms with E-state index in [0.29, 0.717) is 13.2 Å². The normalized spacial score (nSPS) is 26.0. The van der Waals surface area contributed by atoms with Crippen LogP contribution in [0.15, 0.2) is 12.1 Å². The Kier molecular flexibility index (Phi) is 4.64. The maximum absolute atomic E-state index is 13.3. The highest BCUT2D eigenvalue weighted by molar-refractivity contribution is 6.62. The first-order valence-corrected chi connectivity index (χ1v) is 8.14. The summed E-state index contributed by atoms with van der Waals surface area (Å²) in [6.07, 6.45) is -5.22. The van der Waals surface area contributed by atoms with E-state index in [0.717, 1.165) is 6.07 Å². The number of rotatable bonds is 2. The molecule has 2 fully saturated rings. The van der Waals surface area contributed by atoms with Crippen LogP contribution in [0.1, 0.15) is 45.2 Å². The lowest BCUT2D eigenvalue weighted by Gasteiger charge is -2.32. The average molecular weight is 359 g/mol. The molecule has 1 unspecified atom stereocenters. The molecule has 3 heterocycles. The minimum atomic E-state index is -4.58. The van der Waals surface area contributed by atoms with Gasteiger partial charge in [-0.05, 0) is 45.3 Å². The number of halogens is 3. The summed E-state index contributed by atoms with van der Waals surface area (Å²) in [7, 11) is -0.905. The smallest absolute Gasteiger partial charge is 0.399 e. The molecule has 1 aromatic heterocycles. The Bertz CT molecular complexity index is 629. The number of alkyl halides is 3. The van der Waals surface area contributed by atoms with Crippen LogP contribution in [0.3, 0.4) is 0 Å². The fourth-order valence-electron chi connectivity index (χ4n) is 2.66. The van der Waals surface area contributed by atoms with Gasteiger partial charge in [0.05, 0.1) is 36.7 Å². The highest BCUT2D eigenvalue weighted by Gasteiger charge is 2.52.